The Kier molecular flexibility index (Phi) is 5.80. The van der Waals surface area contributed by atoms with E-state index in [9.17, 15) is 4.79 Å². The highest BCUT2D eigenvalue weighted by Gasteiger charge is 2.00. The summed E-state index contributed by atoms with van der Waals surface area (Å²) in [5.41, 5.74) is 4.67. The molecular formula is C16H15ClN2O3. The van der Waals surface area contributed by atoms with E-state index in [0.29, 0.717) is 17.3 Å². The molecule has 0 aliphatic carbocycles. The summed E-state index contributed by atoms with van der Waals surface area (Å²) in [6.45, 7) is 0.150. The first kappa shape index (κ1) is 15.9. The van der Waals surface area contributed by atoms with Gasteiger partial charge in [0.1, 0.15) is 5.75 Å². The van der Waals surface area contributed by atoms with Crippen molar-refractivity contribution in [2.24, 2.45) is 5.10 Å². The Labute approximate surface area is 133 Å². The second-order valence-corrected chi connectivity index (χ2v) is 4.85. The fourth-order valence-electron chi connectivity index (χ4n) is 1.72. The van der Waals surface area contributed by atoms with Crippen molar-refractivity contribution in [2.75, 3.05) is 6.61 Å². The van der Waals surface area contributed by atoms with Crippen LogP contribution in [0.3, 0.4) is 0 Å². The van der Waals surface area contributed by atoms with Crippen LogP contribution < -0.4 is 10.2 Å². The van der Waals surface area contributed by atoms with Gasteiger partial charge in [-0.15, -0.1) is 0 Å². The molecule has 0 heterocycles. The molecular weight excluding hydrogens is 304 g/mol. The number of hydrazone groups is 1. The number of aliphatic carboxylic acids is 1. The largest absolute Gasteiger partial charge is 0.482 e. The highest BCUT2D eigenvalue weighted by molar-refractivity contribution is 6.31. The number of rotatable bonds is 7. The molecule has 2 rings (SSSR count). The Hall–Kier alpha value is -2.53. The molecule has 6 heteroatoms. The normalized spacial score (nSPS) is 10.6. The number of carbonyl (C=O) groups is 1. The molecule has 2 aromatic rings. The highest BCUT2D eigenvalue weighted by atomic mass is 35.5. The Morgan fingerprint density at radius 2 is 2.09 bits per heavy atom. The van der Waals surface area contributed by atoms with Crippen molar-refractivity contribution >= 4 is 23.8 Å². The monoisotopic (exact) mass is 318 g/mol. The maximum absolute atomic E-state index is 10.5. The number of nitrogens with zero attached hydrogens (tertiary/aromatic N) is 1. The molecule has 0 fully saturated rings. The number of benzene rings is 2. The molecule has 0 saturated heterocycles. The lowest BCUT2D eigenvalue weighted by atomic mass is 10.2. The van der Waals surface area contributed by atoms with Gasteiger partial charge in [-0.05, 0) is 29.3 Å². The molecule has 0 aromatic heterocycles. The van der Waals surface area contributed by atoms with Crippen LogP contribution in [-0.4, -0.2) is 23.9 Å². The molecule has 22 heavy (non-hydrogen) atoms. The molecule has 0 unspecified atom stereocenters. The van der Waals surface area contributed by atoms with E-state index in [4.69, 9.17) is 21.4 Å². The third-order valence-corrected chi connectivity index (χ3v) is 3.12. The summed E-state index contributed by atoms with van der Waals surface area (Å²) in [7, 11) is 0. The molecule has 2 N–H and O–H groups in total. The van der Waals surface area contributed by atoms with Gasteiger partial charge < -0.3 is 15.3 Å². The summed E-state index contributed by atoms with van der Waals surface area (Å²) < 4.78 is 5.10. The maximum Gasteiger partial charge on any atom is 0.341 e. The number of nitrogens with one attached hydrogen (secondary N) is 1. The first-order valence-electron chi connectivity index (χ1n) is 6.59. The minimum absolute atomic E-state index is 0.370. The van der Waals surface area contributed by atoms with Gasteiger partial charge in [0.15, 0.2) is 6.61 Å². The number of hydrogen-bond donors (Lipinski definition) is 2. The Morgan fingerprint density at radius 3 is 2.86 bits per heavy atom. The van der Waals surface area contributed by atoms with E-state index in [1.54, 1.807) is 24.4 Å². The SMILES string of the molecule is O=C(O)COc1cccc(/C=N\NCc2ccccc2Cl)c1. The van der Waals surface area contributed by atoms with Crippen molar-refractivity contribution in [1.29, 1.82) is 0 Å². The van der Waals surface area contributed by atoms with E-state index in [2.05, 4.69) is 10.5 Å². The van der Waals surface area contributed by atoms with Gasteiger partial charge in [-0.2, -0.15) is 5.10 Å². The van der Waals surface area contributed by atoms with Crippen LogP contribution in [0.5, 0.6) is 5.75 Å². The summed E-state index contributed by atoms with van der Waals surface area (Å²) in [6, 6.07) is 14.5. The Balaban J connectivity index is 1.89. The summed E-state index contributed by atoms with van der Waals surface area (Å²) in [6.07, 6.45) is 1.63. The van der Waals surface area contributed by atoms with Gasteiger partial charge >= 0.3 is 5.97 Å². The maximum atomic E-state index is 10.5. The lowest BCUT2D eigenvalue weighted by Gasteiger charge is -2.04. The zero-order valence-electron chi connectivity index (χ0n) is 11.7. The van der Waals surface area contributed by atoms with Crippen molar-refractivity contribution in [2.45, 2.75) is 6.54 Å². The first-order valence-corrected chi connectivity index (χ1v) is 6.97. The van der Waals surface area contributed by atoms with E-state index < -0.39 is 5.97 Å². The van der Waals surface area contributed by atoms with Gasteiger partial charge in [0.2, 0.25) is 0 Å². The van der Waals surface area contributed by atoms with Crippen LogP contribution >= 0.6 is 11.6 Å². The number of hydrogen-bond acceptors (Lipinski definition) is 4. The summed E-state index contributed by atoms with van der Waals surface area (Å²) in [5.74, 6) is -0.530. The third kappa shape index (κ3) is 5.10. The van der Waals surface area contributed by atoms with Crippen LogP contribution in [0.4, 0.5) is 0 Å². The molecule has 0 atom stereocenters. The summed E-state index contributed by atoms with van der Waals surface area (Å²) in [5, 5.41) is 13.4. The van der Waals surface area contributed by atoms with Crippen molar-refractivity contribution in [3.05, 3.63) is 64.7 Å². The molecule has 0 radical (unpaired) electrons. The molecule has 0 aliphatic rings. The van der Waals surface area contributed by atoms with E-state index in [0.717, 1.165) is 11.1 Å². The molecule has 0 amide bonds. The molecule has 0 spiro atoms. The highest BCUT2D eigenvalue weighted by Crippen LogP contribution is 2.14. The van der Waals surface area contributed by atoms with E-state index >= 15 is 0 Å². The van der Waals surface area contributed by atoms with Crippen LogP contribution in [0.1, 0.15) is 11.1 Å². The summed E-state index contributed by atoms with van der Waals surface area (Å²) in [4.78, 5) is 10.5. The van der Waals surface area contributed by atoms with Gasteiger partial charge in [-0.1, -0.05) is 41.9 Å². The van der Waals surface area contributed by atoms with Crippen LogP contribution in [0.15, 0.2) is 53.6 Å². The number of carboxylic acid groups (broad SMARTS) is 1. The van der Waals surface area contributed by atoms with Gasteiger partial charge in [0.05, 0.1) is 12.8 Å². The lowest BCUT2D eigenvalue weighted by Crippen LogP contribution is -2.09. The number of halogens is 1. The molecule has 2 aromatic carbocycles. The van der Waals surface area contributed by atoms with E-state index in [1.165, 1.54) is 0 Å². The second-order valence-electron chi connectivity index (χ2n) is 4.44. The molecule has 0 bridgehead atoms. The molecule has 5 nitrogen and oxygen atoms in total. The van der Waals surface area contributed by atoms with Gasteiger partial charge in [0.25, 0.3) is 0 Å². The average Bonchev–Trinajstić information content (AvgIpc) is 2.51. The predicted molar refractivity (Wildman–Crippen MR) is 85.5 cm³/mol. The molecule has 0 aliphatic heterocycles. The van der Waals surface area contributed by atoms with E-state index in [1.807, 2.05) is 30.3 Å². The minimum Gasteiger partial charge on any atom is -0.482 e. The van der Waals surface area contributed by atoms with Crippen molar-refractivity contribution in [1.82, 2.24) is 5.43 Å². The topological polar surface area (TPSA) is 70.9 Å². The van der Waals surface area contributed by atoms with Crippen molar-refractivity contribution in [3.63, 3.8) is 0 Å². The van der Waals surface area contributed by atoms with Gasteiger partial charge in [-0.25, -0.2) is 4.79 Å². The van der Waals surface area contributed by atoms with Crippen molar-refractivity contribution in [3.8, 4) is 5.75 Å². The van der Waals surface area contributed by atoms with Crippen LogP contribution in [-0.2, 0) is 11.3 Å². The molecule has 114 valence electrons. The zero-order chi connectivity index (χ0) is 15.8. The number of carboxylic acids is 1. The minimum atomic E-state index is -1.01. The third-order valence-electron chi connectivity index (χ3n) is 2.75. The Morgan fingerprint density at radius 1 is 1.27 bits per heavy atom. The Bertz CT molecular complexity index is 674. The lowest BCUT2D eigenvalue weighted by molar-refractivity contribution is -0.139. The number of ether oxygens (including phenoxy) is 1. The van der Waals surface area contributed by atoms with Crippen LogP contribution in [0, 0.1) is 0 Å². The van der Waals surface area contributed by atoms with Gasteiger partial charge in [0, 0.05) is 5.02 Å². The molecule has 0 saturated carbocycles. The zero-order valence-corrected chi connectivity index (χ0v) is 12.5. The van der Waals surface area contributed by atoms with Crippen LogP contribution in [0.2, 0.25) is 5.02 Å². The fourth-order valence-corrected chi connectivity index (χ4v) is 1.93. The quantitative estimate of drug-likeness (QED) is 0.608. The first-order chi connectivity index (χ1) is 10.6. The van der Waals surface area contributed by atoms with Gasteiger partial charge in [-0.3, -0.25) is 0 Å². The predicted octanol–water partition coefficient (Wildman–Crippen LogP) is 2.93. The smallest absolute Gasteiger partial charge is 0.341 e. The van der Waals surface area contributed by atoms with Crippen molar-refractivity contribution < 1.29 is 14.6 Å². The average molecular weight is 319 g/mol. The standard InChI is InChI=1S/C16H15ClN2O3/c17-15-7-2-1-5-13(15)10-19-18-9-12-4-3-6-14(8-12)22-11-16(20)21/h1-9,19H,10-11H2,(H,20,21)/b18-9-. The second kappa shape index (κ2) is 8.05. The fraction of sp³-hybridized carbons (Fsp3) is 0.125. The van der Waals surface area contributed by atoms with Crippen LogP contribution in [0.25, 0.3) is 0 Å². The summed E-state index contributed by atoms with van der Waals surface area (Å²) >= 11 is 6.04. The van der Waals surface area contributed by atoms with E-state index in [-0.39, 0.29) is 6.61 Å².